The van der Waals surface area contributed by atoms with E-state index in [1.54, 1.807) is 61.8 Å². The standard InChI is InChI=1S/C28H27FN4O5/c1-18(34)30-16-23-17-33(28(37)38-23)22-10-11-24(25(29)14-22)20-7-5-19(6-8-20)15-31-26(35)12-9-21-4-3-13-32(2)27(21)36/h3-14,23H,15-17H2,1-2H3,(H,30,34)(H,31,35)/t23-/m0/s1. The number of nitrogens with zero attached hydrogens (tertiary/aromatic N) is 2. The number of amides is 3. The molecule has 0 unspecified atom stereocenters. The second kappa shape index (κ2) is 11.5. The Balaban J connectivity index is 1.35. The average Bonchev–Trinajstić information content (AvgIpc) is 3.28. The highest BCUT2D eigenvalue weighted by Gasteiger charge is 2.32. The zero-order valence-corrected chi connectivity index (χ0v) is 20.9. The number of carbonyl (C=O) groups is 3. The summed E-state index contributed by atoms with van der Waals surface area (Å²) < 4.78 is 21.6. The van der Waals surface area contributed by atoms with Crippen LogP contribution in [0.1, 0.15) is 18.1 Å². The Morgan fingerprint density at radius 3 is 2.58 bits per heavy atom. The molecule has 1 aliphatic rings. The SMILES string of the molecule is CC(=O)NC[C@H]1CN(c2ccc(-c3ccc(CNC(=O)C=Cc4cccn(C)c4=O)cc3)c(F)c2)C(=O)O1. The van der Waals surface area contributed by atoms with Gasteiger partial charge in [-0.2, -0.15) is 0 Å². The Morgan fingerprint density at radius 1 is 1.11 bits per heavy atom. The number of anilines is 1. The first-order valence-corrected chi connectivity index (χ1v) is 11.9. The van der Waals surface area contributed by atoms with Crippen LogP contribution in [0.3, 0.4) is 0 Å². The van der Waals surface area contributed by atoms with E-state index in [1.807, 2.05) is 0 Å². The summed E-state index contributed by atoms with van der Waals surface area (Å²) in [6.07, 6.45) is 3.31. The van der Waals surface area contributed by atoms with Gasteiger partial charge in [0.1, 0.15) is 11.9 Å². The van der Waals surface area contributed by atoms with Crippen LogP contribution in [-0.2, 0) is 27.9 Å². The quantitative estimate of drug-likeness (QED) is 0.446. The molecule has 9 nitrogen and oxygen atoms in total. The highest BCUT2D eigenvalue weighted by Crippen LogP contribution is 2.29. The smallest absolute Gasteiger partial charge is 0.414 e. The Bertz CT molecular complexity index is 1450. The summed E-state index contributed by atoms with van der Waals surface area (Å²) in [5.74, 6) is -1.07. The average molecular weight is 519 g/mol. The number of carbonyl (C=O) groups excluding carboxylic acids is 3. The maximum atomic E-state index is 15.0. The normalized spacial score (nSPS) is 15.0. The van der Waals surface area contributed by atoms with E-state index in [1.165, 1.54) is 34.6 Å². The fourth-order valence-electron chi connectivity index (χ4n) is 3.96. The predicted molar refractivity (Wildman–Crippen MR) is 141 cm³/mol. The lowest BCUT2D eigenvalue weighted by Gasteiger charge is -2.15. The van der Waals surface area contributed by atoms with Crippen molar-refractivity contribution in [2.45, 2.75) is 19.6 Å². The van der Waals surface area contributed by atoms with Crippen LogP contribution >= 0.6 is 0 Å². The third-order valence-corrected chi connectivity index (χ3v) is 6.02. The molecule has 10 heteroatoms. The summed E-state index contributed by atoms with van der Waals surface area (Å²) in [6, 6.07) is 14.9. The number of hydrogen-bond acceptors (Lipinski definition) is 5. The Hall–Kier alpha value is -4.73. The number of rotatable bonds is 8. The first kappa shape index (κ1) is 26.3. The van der Waals surface area contributed by atoms with Crippen molar-refractivity contribution in [1.82, 2.24) is 15.2 Å². The number of halogens is 1. The molecule has 2 heterocycles. The topological polar surface area (TPSA) is 110 Å². The van der Waals surface area contributed by atoms with Gasteiger partial charge >= 0.3 is 6.09 Å². The highest BCUT2D eigenvalue weighted by molar-refractivity contribution is 5.92. The van der Waals surface area contributed by atoms with Crippen LogP contribution in [-0.4, -0.2) is 41.7 Å². The molecule has 1 saturated heterocycles. The molecule has 1 fully saturated rings. The van der Waals surface area contributed by atoms with Crippen molar-refractivity contribution >= 4 is 29.7 Å². The maximum Gasteiger partial charge on any atom is 0.414 e. The van der Waals surface area contributed by atoms with Gasteiger partial charge in [0.2, 0.25) is 11.8 Å². The molecule has 1 aliphatic heterocycles. The maximum absolute atomic E-state index is 15.0. The van der Waals surface area contributed by atoms with Crippen LogP contribution in [0.2, 0.25) is 0 Å². The summed E-state index contributed by atoms with van der Waals surface area (Å²) in [6.45, 7) is 2.03. The first-order valence-electron chi connectivity index (χ1n) is 11.9. The number of benzene rings is 2. The van der Waals surface area contributed by atoms with E-state index in [0.29, 0.717) is 22.4 Å². The molecule has 38 heavy (non-hydrogen) atoms. The zero-order chi connectivity index (χ0) is 27.2. The van der Waals surface area contributed by atoms with Gasteiger partial charge < -0.3 is 19.9 Å². The lowest BCUT2D eigenvalue weighted by Crippen LogP contribution is -2.33. The third kappa shape index (κ3) is 6.33. The molecule has 1 atom stereocenters. The number of hydrogen-bond donors (Lipinski definition) is 2. The van der Waals surface area contributed by atoms with Gasteiger partial charge in [-0.15, -0.1) is 0 Å². The van der Waals surface area contributed by atoms with Gasteiger partial charge in [-0.1, -0.05) is 24.3 Å². The molecule has 0 aliphatic carbocycles. The van der Waals surface area contributed by atoms with Crippen LogP contribution in [0.5, 0.6) is 0 Å². The van der Waals surface area contributed by atoms with Crippen molar-refractivity contribution in [1.29, 1.82) is 0 Å². The molecule has 2 N–H and O–H groups in total. The summed E-state index contributed by atoms with van der Waals surface area (Å²) in [5, 5.41) is 5.36. The van der Waals surface area contributed by atoms with Crippen molar-refractivity contribution in [3.05, 3.63) is 94.2 Å². The predicted octanol–water partition coefficient (Wildman–Crippen LogP) is 2.98. The Morgan fingerprint density at radius 2 is 1.87 bits per heavy atom. The van der Waals surface area contributed by atoms with E-state index in [2.05, 4.69) is 10.6 Å². The number of aromatic nitrogens is 1. The van der Waals surface area contributed by atoms with Crippen molar-refractivity contribution in [2.24, 2.45) is 7.05 Å². The number of nitrogens with one attached hydrogen (secondary N) is 2. The van der Waals surface area contributed by atoms with E-state index < -0.39 is 18.0 Å². The van der Waals surface area contributed by atoms with Crippen molar-refractivity contribution < 1.29 is 23.5 Å². The molecule has 3 amide bonds. The van der Waals surface area contributed by atoms with Crippen LogP contribution in [0.15, 0.2) is 71.7 Å². The van der Waals surface area contributed by atoms with Crippen molar-refractivity contribution in [2.75, 3.05) is 18.0 Å². The van der Waals surface area contributed by atoms with E-state index in [9.17, 15) is 23.6 Å². The van der Waals surface area contributed by atoms with Crippen LogP contribution in [0.25, 0.3) is 17.2 Å². The van der Waals surface area contributed by atoms with Gasteiger partial charge in [0.15, 0.2) is 0 Å². The van der Waals surface area contributed by atoms with Crippen molar-refractivity contribution in [3.63, 3.8) is 0 Å². The summed E-state index contributed by atoms with van der Waals surface area (Å²) in [4.78, 5) is 48.8. The number of cyclic esters (lactones) is 1. The van der Waals surface area contributed by atoms with Crippen LogP contribution in [0.4, 0.5) is 14.9 Å². The molecule has 0 spiro atoms. The molecule has 4 rings (SSSR count). The summed E-state index contributed by atoms with van der Waals surface area (Å²) in [7, 11) is 1.64. The second-order valence-corrected chi connectivity index (χ2v) is 8.85. The number of aryl methyl sites for hydroxylation is 1. The van der Waals surface area contributed by atoms with E-state index in [-0.39, 0.29) is 37.0 Å². The Kier molecular flexibility index (Phi) is 8.00. The van der Waals surface area contributed by atoms with Gasteiger partial charge in [-0.3, -0.25) is 19.3 Å². The zero-order valence-electron chi connectivity index (χ0n) is 20.9. The highest BCUT2D eigenvalue weighted by atomic mass is 19.1. The van der Waals surface area contributed by atoms with E-state index in [0.717, 1.165) is 5.56 Å². The third-order valence-electron chi connectivity index (χ3n) is 6.02. The fraction of sp³-hybridized carbons (Fsp3) is 0.214. The van der Waals surface area contributed by atoms with Gasteiger partial charge in [0, 0.05) is 43.9 Å². The molecule has 1 aromatic heterocycles. The molecule has 196 valence electrons. The number of pyridine rings is 1. The largest absolute Gasteiger partial charge is 0.442 e. The van der Waals surface area contributed by atoms with Crippen molar-refractivity contribution in [3.8, 4) is 11.1 Å². The van der Waals surface area contributed by atoms with Gasteiger partial charge in [-0.05, 0) is 47.5 Å². The van der Waals surface area contributed by atoms with Crippen LogP contribution < -0.4 is 21.1 Å². The van der Waals surface area contributed by atoms with Gasteiger partial charge in [0.25, 0.3) is 5.56 Å². The molecule has 0 saturated carbocycles. The minimum Gasteiger partial charge on any atom is -0.442 e. The fourth-order valence-corrected chi connectivity index (χ4v) is 3.96. The van der Waals surface area contributed by atoms with E-state index in [4.69, 9.17) is 4.74 Å². The lowest BCUT2D eigenvalue weighted by atomic mass is 10.0. The molecule has 0 radical (unpaired) electrons. The van der Waals surface area contributed by atoms with E-state index >= 15 is 0 Å². The number of ether oxygens (including phenoxy) is 1. The summed E-state index contributed by atoms with van der Waals surface area (Å²) >= 11 is 0. The lowest BCUT2D eigenvalue weighted by molar-refractivity contribution is -0.119. The Labute approximate surface area is 218 Å². The minimum absolute atomic E-state index is 0.189. The van der Waals surface area contributed by atoms with Crippen LogP contribution in [0, 0.1) is 5.82 Å². The summed E-state index contributed by atoms with van der Waals surface area (Å²) in [5.41, 5.74) is 2.39. The first-order chi connectivity index (χ1) is 18.2. The minimum atomic E-state index is -0.597. The van der Waals surface area contributed by atoms with Gasteiger partial charge in [0.05, 0.1) is 18.8 Å². The molecular formula is C28H27FN4O5. The second-order valence-electron chi connectivity index (χ2n) is 8.85. The molecule has 0 bridgehead atoms. The monoisotopic (exact) mass is 518 g/mol. The molecule has 3 aromatic rings. The van der Waals surface area contributed by atoms with Gasteiger partial charge in [-0.25, -0.2) is 9.18 Å². The molecule has 2 aromatic carbocycles. The molecular weight excluding hydrogens is 491 g/mol.